The van der Waals surface area contributed by atoms with Gasteiger partial charge in [-0.3, -0.25) is 9.79 Å². The van der Waals surface area contributed by atoms with E-state index >= 15 is 0 Å². The van der Waals surface area contributed by atoms with E-state index in [1.165, 1.54) is 19.4 Å². The third kappa shape index (κ3) is 8.71. The standard InChI is InChI=1S/C21H26F3N5O3S.C2H6/c1-12(5-7-27-19(25-4)29-14(3)21(22,23)24)9-13(2)15-11-28-18(33-15)20(32)6-8-26-17(31)10-16(20)30;1-2/h5,7,9,11,16,30,32H,2,6,8,10H2,1,3-4H3,(H,25,27)(H,26,31);1-2H3/b7-5+,12-9-,29-14+;. The van der Waals surface area contributed by atoms with Gasteiger partial charge in [-0.2, -0.15) is 13.2 Å². The van der Waals surface area contributed by atoms with E-state index < -0.39 is 23.6 Å². The third-order valence-corrected chi connectivity index (χ3v) is 6.05. The van der Waals surface area contributed by atoms with Gasteiger partial charge in [-0.15, -0.1) is 11.3 Å². The van der Waals surface area contributed by atoms with Gasteiger partial charge in [-0.05, 0) is 31.1 Å². The van der Waals surface area contributed by atoms with E-state index in [2.05, 4.69) is 32.2 Å². The van der Waals surface area contributed by atoms with E-state index in [9.17, 15) is 28.2 Å². The fourth-order valence-electron chi connectivity index (χ4n) is 2.86. The number of carbonyl (C=O) groups excluding carboxylic acids is 1. The second-order valence-corrected chi connectivity index (χ2v) is 8.44. The number of aliphatic hydroxyl groups excluding tert-OH is 1. The largest absolute Gasteiger partial charge is 0.429 e. The van der Waals surface area contributed by atoms with Crippen molar-refractivity contribution in [1.29, 1.82) is 0 Å². The van der Waals surface area contributed by atoms with Gasteiger partial charge in [0.25, 0.3) is 0 Å². The van der Waals surface area contributed by atoms with Crippen molar-refractivity contribution < 1.29 is 28.2 Å². The van der Waals surface area contributed by atoms with Crippen molar-refractivity contribution in [3.05, 3.63) is 46.6 Å². The Morgan fingerprint density at radius 2 is 2.06 bits per heavy atom. The number of halogens is 3. The molecule has 1 aliphatic heterocycles. The van der Waals surface area contributed by atoms with Crippen molar-refractivity contribution in [3.63, 3.8) is 0 Å². The summed E-state index contributed by atoms with van der Waals surface area (Å²) in [5.41, 5.74) is -1.36. The van der Waals surface area contributed by atoms with Gasteiger partial charge in [-0.25, -0.2) is 9.98 Å². The first-order valence-electron chi connectivity index (χ1n) is 10.9. The minimum Gasteiger partial charge on any atom is -0.389 e. The second kappa shape index (κ2) is 13.3. The summed E-state index contributed by atoms with van der Waals surface area (Å²) in [6, 6.07) is 0. The summed E-state index contributed by atoms with van der Waals surface area (Å²) in [6.07, 6.45) is 0.346. The number of thiazole rings is 1. The average molecular weight is 516 g/mol. The summed E-state index contributed by atoms with van der Waals surface area (Å²) < 4.78 is 37.8. The minimum atomic E-state index is -4.53. The summed E-state index contributed by atoms with van der Waals surface area (Å²) in [5.74, 6) is -0.530. The lowest BCUT2D eigenvalue weighted by Crippen LogP contribution is -2.39. The SMILES string of the molecule is C=C(/C=C(C)\C=C\NC(=NC)/N=C(\C)C(F)(F)F)c1cnc(C2(O)CCNC(=O)CC2O)s1.CC. The molecule has 1 aromatic rings. The normalized spacial score (nSPS) is 22.3. The van der Waals surface area contributed by atoms with Crippen molar-refractivity contribution in [2.24, 2.45) is 9.98 Å². The van der Waals surface area contributed by atoms with E-state index in [1.54, 1.807) is 19.1 Å². The van der Waals surface area contributed by atoms with Crippen LogP contribution in [0.5, 0.6) is 0 Å². The van der Waals surface area contributed by atoms with Crippen LogP contribution in [0.4, 0.5) is 13.2 Å². The molecule has 2 rings (SSSR count). The van der Waals surface area contributed by atoms with Gasteiger partial charge in [0.15, 0.2) is 0 Å². The number of aliphatic hydroxyl groups is 2. The quantitative estimate of drug-likeness (QED) is 0.271. The number of nitrogens with one attached hydrogen (secondary N) is 2. The number of hydrogen-bond donors (Lipinski definition) is 4. The lowest BCUT2D eigenvalue weighted by atomic mass is 9.92. The number of guanidine groups is 1. The number of hydrogen-bond acceptors (Lipinski definition) is 6. The van der Waals surface area contributed by atoms with E-state index in [4.69, 9.17) is 0 Å². The van der Waals surface area contributed by atoms with Crippen LogP contribution in [0.1, 0.15) is 50.4 Å². The lowest BCUT2D eigenvalue weighted by Gasteiger charge is -2.28. The monoisotopic (exact) mass is 515 g/mol. The number of nitrogens with zero attached hydrogens (tertiary/aromatic N) is 3. The number of allylic oxidation sites excluding steroid dienone is 4. The maximum absolute atomic E-state index is 12.6. The highest BCUT2D eigenvalue weighted by Gasteiger charge is 2.42. The highest BCUT2D eigenvalue weighted by atomic mass is 32.1. The predicted octanol–water partition coefficient (Wildman–Crippen LogP) is 3.70. The minimum absolute atomic E-state index is 0.125. The zero-order valence-corrected chi connectivity index (χ0v) is 21.2. The Hall–Kier alpha value is -2.83. The molecule has 4 N–H and O–H groups in total. The van der Waals surface area contributed by atoms with Crippen molar-refractivity contribution in [3.8, 4) is 0 Å². The molecule has 12 heteroatoms. The highest BCUT2D eigenvalue weighted by molar-refractivity contribution is 7.12. The Kier molecular flexibility index (Phi) is 11.5. The van der Waals surface area contributed by atoms with Crippen LogP contribution in [0.3, 0.4) is 0 Å². The maximum Gasteiger partial charge on any atom is 0.429 e. The van der Waals surface area contributed by atoms with Gasteiger partial charge in [0.1, 0.15) is 16.3 Å². The summed E-state index contributed by atoms with van der Waals surface area (Å²) in [4.78, 5) is 23.6. The number of aromatic nitrogens is 1. The first kappa shape index (κ1) is 30.2. The molecule has 8 nitrogen and oxygen atoms in total. The van der Waals surface area contributed by atoms with Crippen molar-refractivity contribution >= 4 is 34.5 Å². The molecule has 2 unspecified atom stereocenters. The molecule has 2 heterocycles. The molecule has 0 saturated carbocycles. The molecule has 1 fully saturated rings. The summed E-state index contributed by atoms with van der Waals surface area (Å²) in [5, 5.41) is 26.7. The fraction of sp³-hybridized carbons (Fsp3) is 0.478. The van der Waals surface area contributed by atoms with Crippen LogP contribution in [0, 0.1) is 0 Å². The Labute approximate surface area is 207 Å². The van der Waals surface area contributed by atoms with Crippen molar-refractivity contribution in [2.45, 2.75) is 58.4 Å². The molecule has 2 atom stereocenters. The van der Waals surface area contributed by atoms with Gasteiger partial charge in [0, 0.05) is 32.4 Å². The summed E-state index contributed by atoms with van der Waals surface area (Å²) >= 11 is 1.16. The van der Waals surface area contributed by atoms with Gasteiger partial charge in [0.2, 0.25) is 11.9 Å². The van der Waals surface area contributed by atoms with Crippen LogP contribution in [0.2, 0.25) is 0 Å². The number of carbonyl (C=O) groups is 1. The van der Waals surface area contributed by atoms with Gasteiger partial charge in [0.05, 0.1) is 17.4 Å². The molecule has 1 aromatic heterocycles. The molecular weight excluding hydrogens is 483 g/mol. The van der Waals surface area contributed by atoms with Gasteiger partial charge < -0.3 is 20.8 Å². The summed E-state index contributed by atoms with van der Waals surface area (Å²) in [6.45, 7) is 10.8. The smallest absolute Gasteiger partial charge is 0.389 e. The van der Waals surface area contributed by atoms with Crippen molar-refractivity contribution in [1.82, 2.24) is 15.6 Å². The fourth-order valence-corrected chi connectivity index (χ4v) is 3.88. The van der Waals surface area contributed by atoms with Crippen LogP contribution in [0.15, 0.2) is 46.7 Å². The molecule has 1 amide bonds. The highest BCUT2D eigenvalue weighted by Crippen LogP contribution is 2.36. The lowest BCUT2D eigenvalue weighted by molar-refractivity contribution is -0.127. The number of amides is 1. The molecule has 0 spiro atoms. The molecule has 0 aromatic carbocycles. The van der Waals surface area contributed by atoms with Crippen LogP contribution in [-0.4, -0.2) is 58.6 Å². The molecule has 1 aliphatic rings. The zero-order chi connectivity index (χ0) is 26.8. The first-order valence-corrected chi connectivity index (χ1v) is 11.7. The van der Waals surface area contributed by atoms with Crippen LogP contribution < -0.4 is 10.6 Å². The summed E-state index contributed by atoms with van der Waals surface area (Å²) in [7, 11) is 1.32. The Morgan fingerprint density at radius 3 is 2.66 bits per heavy atom. The molecule has 194 valence electrons. The molecule has 1 saturated heterocycles. The van der Waals surface area contributed by atoms with E-state index in [0.717, 1.165) is 23.8 Å². The maximum atomic E-state index is 12.6. The number of alkyl halides is 3. The Balaban J connectivity index is 0.00000298. The van der Waals surface area contributed by atoms with Gasteiger partial charge >= 0.3 is 6.18 Å². The van der Waals surface area contributed by atoms with Gasteiger partial charge in [-0.1, -0.05) is 26.5 Å². The Morgan fingerprint density at radius 1 is 1.40 bits per heavy atom. The van der Waals surface area contributed by atoms with Crippen LogP contribution in [-0.2, 0) is 10.4 Å². The van der Waals surface area contributed by atoms with Crippen LogP contribution in [0.25, 0.3) is 5.57 Å². The van der Waals surface area contributed by atoms with E-state index in [0.29, 0.717) is 10.5 Å². The van der Waals surface area contributed by atoms with Crippen molar-refractivity contribution in [2.75, 3.05) is 13.6 Å². The number of rotatable bonds is 5. The average Bonchev–Trinajstić information content (AvgIpc) is 3.25. The zero-order valence-electron chi connectivity index (χ0n) is 20.4. The molecule has 0 radical (unpaired) electrons. The molecule has 35 heavy (non-hydrogen) atoms. The molecule has 0 bridgehead atoms. The topological polar surface area (TPSA) is 119 Å². The molecule has 0 aliphatic carbocycles. The second-order valence-electron chi connectivity index (χ2n) is 7.41. The molecular formula is C23H32F3N5O3S. The third-order valence-electron chi connectivity index (χ3n) is 4.81. The number of aliphatic imine (C=N–C) groups is 2. The van der Waals surface area contributed by atoms with E-state index in [-0.39, 0.29) is 36.3 Å². The first-order chi connectivity index (χ1) is 16.4. The predicted molar refractivity (Wildman–Crippen MR) is 133 cm³/mol. The Bertz CT molecular complexity index is 1010. The van der Waals surface area contributed by atoms with E-state index in [1.807, 2.05) is 13.8 Å². The van der Waals surface area contributed by atoms with Crippen LogP contribution >= 0.6 is 11.3 Å².